The Hall–Kier alpha value is -4.85. The fourth-order valence-electron chi connectivity index (χ4n) is 3.79. The molecule has 172 valence electrons. The number of benzene rings is 3. The maximum atomic E-state index is 13.4. The largest absolute Gasteiger partial charge is 0.322 e. The molecule has 2 aromatic heterocycles. The van der Waals surface area contributed by atoms with Gasteiger partial charge < -0.3 is 10.6 Å². The number of pyridine rings is 1. The van der Waals surface area contributed by atoms with Crippen molar-refractivity contribution >= 4 is 34.2 Å². The van der Waals surface area contributed by atoms with Gasteiger partial charge in [0.05, 0.1) is 16.6 Å². The average molecular weight is 465 g/mol. The van der Waals surface area contributed by atoms with Gasteiger partial charge in [-0.15, -0.1) is 0 Å². The number of nitrogens with one attached hydrogen (secondary N) is 2. The van der Waals surface area contributed by atoms with E-state index in [1.807, 2.05) is 11.5 Å². The normalized spacial score (nSPS) is 10.8. The van der Waals surface area contributed by atoms with Gasteiger partial charge in [0.1, 0.15) is 11.6 Å². The molecule has 0 atom stereocenters. The number of hydrogen-bond donors (Lipinski definition) is 2. The lowest BCUT2D eigenvalue weighted by Gasteiger charge is -2.09. The highest BCUT2D eigenvalue weighted by molar-refractivity contribution is 6.06. The lowest BCUT2D eigenvalue weighted by Crippen LogP contribution is -2.13. The number of aromatic nitrogens is 3. The summed E-state index contributed by atoms with van der Waals surface area (Å²) in [5, 5.41) is 5.66. The monoisotopic (exact) mass is 465 g/mol. The number of rotatable bonds is 5. The molecule has 5 rings (SSSR count). The summed E-state index contributed by atoms with van der Waals surface area (Å²) in [4.78, 5) is 33.7. The first-order valence-electron chi connectivity index (χ1n) is 10.9. The fraction of sp³-hybridized carbons (Fsp3) is 0.0370. The minimum Gasteiger partial charge on any atom is -0.322 e. The Labute approximate surface area is 200 Å². The van der Waals surface area contributed by atoms with Crippen LogP contribution in [0.5, 0.6) is 0 Å². The lowest BCUT2D eigenvalue weighted by molar-refractivity contribution is 0.101. The lowest BCUT2D eigenvalue weighted by atomic mass is 10.1. The zero-order valence-corrected chi connectivity index (χ0v) is 18.7. The van der Waals surface area contributed by atoms with E-state index in [4.69, 9.17) is 0 Å². The molecule has 0 spiro atoms. The molecular weight excluding hydrogens is 445 g/mol. The smallest absolute Gasteiger partial charge is 0.257 e. The van der Waals surface area contributed by atoms with Crippen molar-refractivity contribution in [2.24, 2.45) is 0 Å². The molecule has 5 aromatic rings. The molecule has 0 fully saturated rings. The van der Waals surface area contributed by atoms with Crippen LogP contribution in [0.2, 0.25) is 0 Å². The van der Waals surface area contributed by atoms with Crippen LogP contribution in [0.3, 0.4) is 0 Å². The van der Waals surface area contributed by atoms with Crippen molar-refractivity contribution in [3.63, 3.8) is 0 Å². The van der Waals surface area contributed by atoms with Crippen LogP contribution < -0.4 is 10.6 Å². The number of anilines is 2. The van der Waals surface area contributed by atoms with Crippen LogP contribution in [0.25, 0.3) is 16.7 Å². The Balaban J connectivity index is 1.33. The number of halogens is 1. The molecule has 0 saturated carbocycles. The molecular formula is C27H20FN5O2. The van der Waals surface area contributed by atoms with Gasteiger partial charge >= 0.3 is 0 Å². The summed E-state index contributed by atoms with van der Waals surface area (Å²) in [7, 11) is 0. The van der Waals surface area contributed by atoms with E-state index in [9.17, 15) is 14.0 Å². The van der Waals surface area contributed by atoms with Crippen LogP contribution in [0.4, 0.5) is 15.8 Å². The van der Waals surface area contributed by atoms with E-state index in [0.29, 0.717) is 22.5 Å². The van der Waals surface area contributed by atoms with Crippen LogP contribution in [-0.4, -0.2) is 26.3 Å². The highest BCUT2D eigenvalue weighted by atomic mass is 19.1. The van der Waals surface area contributed by atoms with Crippen LogP contribution in [0.15, 0.2) is 91.3 Å². The second kappa shape index (κ2) is 9.18. The summed E-state index contributed by atoms with van der Waals surface area (Å²) >= 11 is 0. The first kappa shape index (κ1) is 22.0. The summed E-state index contributed by atoms with van der Waals surface area (Å²) in [6, 6.07) is 21.6. The summed E-state index contributed by atoms with van der Waals surface area (Å²) in [5.74, 6) is -0.147. The van der Waals surface area contributed by atoms with Crippen LogP contribution >= 0.6 is 0 Å². The first-order valence-corrected chi connectivity index (χ1v) is 10.9. The Bertz CT molecular complexity index is 1530. The molecule has 0 saturated heterocycles. The first-order chi connectivity index (χ1) is 17.0. The molecule has 7 nitrogen and oxygen atoms in total. The molecule has 0 unspecified atom stereocenters. The van der Waals surface area contributed by atoms with Crippen molar-refractivity contribution in [1.82, 2.24) is 14.5 Å². The van der Waals surface area contributed by atoms with Gasteiger partial charge in [-0.05, 0) is 85.8 Å². The number of carbonyl (C=O) groups is 2. The third-order valence-electron chi connectivity index (χ3n) is 5.49. The van der Waals surface area contributed by atoms with Gasteiger partial charge in [0.15, 0.2) is 0 Å². The Morgan fingerprint density at radius 2 is 1.49 bits per heavy atom. The average Bonchev–Trinajstić information content (AvgIpc) is 3.21. The number of fused-ring (bicyclic) bond motifs is 1. The minimum absolute atomic E-state index is 0.267. The molecule has 8 heteroatoms. The van der Waals surface area contributed by atoms with Gasteiger partial charge in [-0.3, -0.25) is 19.1 Å². The fourth-order valence-corrected chi connectivity index (χ4v) is 3.79. The maximum absolute atomic E-state index is 13.4. The molecule has 0 aliphatic rings. The molecule has 0 aliphatic heterocycles. The number of nitrogens with zero attached hydrogens (tertiary/aromatic N) is 3. The standard InChI is InChI=1S/C27H20FN5O2/c1-17-30-24-13-4-18(15-25(24)33(17)23-11-5-20(28)6-12-23)26(34)31-21-7-9-22(10-8-21)32-27(35)19-3-2-14-29-16-19/h2-16H,1H3,(H,31,34)(H,32,35). The van der Waals surface area contributed by atoms with Crippen LogP contribution in [0, 0.1) is 12.7 Å². The van der Waals surface area contributed by atoms with E-state index in [2.05, 4.69) is 20.6 Å². The number of hydrogen-bond acceptors (Lipinski definition) is 4. The number of aryl methyl sites for hydroxylation is 1. The van der Waals surface area contributed by atoms with Crippen molar-refractivity contribution in [3.8, 4) is 5.69 Å². The number of amides is 2. The third-order valence-corrected chi connectivity index (χ3v) is 5.49. The predicted molar refractivity (Wildman–Crippen MR) is 132 cm³/mol. The zero-order valence-electron chi connectivity index (χ0n) is 18.7. The molecule has 3 aromatic carbocycles. The van der Waals surface area contributed by atoms with E-state index in [-0.39, 0.29) is 17.6 Å². The van der Waals surface area contributed by atoms with Gasteiger partial charge in [0.25, 0.3) is 11.8 Å². The Kier molecular flexibility index (Phi) is 5.76. The summed E-state index contributed by atoms with van der Waals surface area (Å²) in [6.45, 7) is 1.86. The van der Waals surface area contributed by atoms with Crippen LogP contribution in [0.1, 0.15) is 26.5 Å². The second-order valence-corrected chi connectivity index (χ2v) is 7.90. The van der Waals surface area contributed by atoms with Crippen molar-refractivity contribution < 1.29 is 14.0 Å². The minimum atomic E-state index is -0.321. The van der Waals surface area contributed by atoms with E-state index in [1.165, 1.54) is 18.3 Å². The highest BCUT2D eigenvalue weighted by Crippen LogP contribution is 2.23. The van der Waals surface area contributed by atoms with Crippen molar-refractivity contribution in [1.29, 1.82) is 0 Å². The topological polar surface area (TPSA) is 88.9 Å². The third kappa shape index (κ3) is 4.63. The Morgan fingerprint density at radius 1 is 0.829 bits per heavy atom. The van der Waals surface area contributed by atoms with Crippen LogP contribution in [-0.2, 0) is 0 Å². The zero-order chi connectivity index (χ0) is 24.4. The van der Waals surface area contributed by atoms with Crippen molar-refractivity contribution in [3.05, 3.63) is 114 Å². The summed E-state index contributed by atoms with van der Waals surface area (Å²) in [6.07, 6.45) is 3.09. The SMILES string of the molecule is Cc1nc2ccc(C(=O)Nc3ccc(NC(=O)c4cccnc4)cc3)cc2n1-c1ccc(F)cc1. The summed E-state index contributed by atoms with van der Waals surface area (Å²) < 4.78 is 15.3. The molecule has 2 N–H and O–H groups in total. The predicted octanol–water partition coefficient (Wildman–Crippen LogP) is 5.37. The number of imidazole rings is 1. The molecule has 0 aliphatic carbocycles. The van der Waals surface area contributed by atoms with Gasteiger partial charge in [-0.2, -0.15) is 0 Å². The van der Waals surface area contributed by atoms with E-state index < -0.39 is 0 Å². The van der Waals surface area contributed by atoms with Gasteiger partial charge in [-0.25, -0.2) is 9.37 Å². The molecule has 2 amide bonds. The van der Waals surface area contributed by atoms with E-state index >= 15 is 0 Å². The van der Waals surface area contributed by atoms with Gasteiger partial charge in [0, 0.05) is 35.0 Å². The molecule has 0 radical (unpaired) electrons. The quantitative estimate of drug-likeness (QED) is 0.365. The van der Waals surface area contributed by atoms with Gasteiger partial charge in [0.2, 0.25) is 0 Å². The van der Waals surface area contributed by atoms with Crippen molar-refractivity contribution in [2.45, 2.75) is 6.92 Å². The second-order valence-electron chi connectivity index (χ2n) is 7.90. The van der Waals surface area contributed by atoms with Gasteiger partial charge in [-0.1, -0.05) is 0 Å². The van der Waals surface area contributed by atoms with Crippen molar-refractivity contribution in [2.75, 3.05) is 10.6 Å². The van der Waals surface area contributed by atoms with E-state index in [0.717, 1.165) is 22.5 Å². The maximum Gasteiger partial charge on any atom is 0.257 e. The molecule has 0 bridgehead atoms. The Morgan fingerprint density at radius 3 is 2.11 bits per heavy atom. The highest BCUT2D eigenvalue weighted by Gasteiger charge is 2.14. The number of carbonyl (C=O) groups excluding carboxylic acids is 2. The summed E-state index contributed by atoms with van der Waals surface area (Å²) in [5.41, 5.74) is 4.32. The molecule has 2 heterocycles. The molecule has 35 heavy (non-hydrogen) atoms. The van der Waals surface area contributed by atoms with E-state index in [1.54, 1.807) is 72.9 Å².